The van der Waals surface area contributed by atoms with E-state index in [-0.39, 0.29) is 0 Å². The minimum absolute atomic E-state index is 0.403. The maximum Gasteiger partial charge on any atom is 0.197 e. The van der Waals surface area contributed by atoms with Gasteiger partial charge in [0.25, 0.3) is 0 Å². The van der Waals surface area contributed by atoms with E-state index >= 15 is 0 Å². The van der Waals surface area contributed by atoms with Crippen LogP contribution in [0.2, 0.25) is 0 Å². The highest BCUT2D eigenvalue weighted by Crippen LogP contribution is 2.24. The Kier molecular flexibility index (Phi) is 2.91. The predicted octanol–water partition coefficient (Wildman–Crippen LogP) is 2.33. The molecule has 0 bridgehead atoms. The summed E-state index contributed by atoms with van der Waals surface area (Å²) >= 11 is 3.40. The van der Waals surface area contributed by atoms with Gasteiger partial charge in [-0.2, -0.15) is 0 Å². The van der Waals surface area contributed by atoms with Crippen LogP contribution in [-0.2, 0) is 6.61 Å². The Labute approximate surface area is 95.6 Å². The number of ether oxygens (including phenoxy) is 1. The minimum Gasteiger partial charge on any atom is -0.486 e. The fraction of sp³-hybridized carbons (Fsp3) is 0.100. The molecule has 0 spiro atoms. The number of nitrogens with zero attached hydrogens (tertiary/aromatic N) is 1. The summed E-state index contributed by atoms with van der Waals surface area (Å²) in [6.45, 7) is 0.423. The van der Waals surface area contributed by atoms with Crippen molar-refractivity contribution in [1.29, 1.82) is 0 Å². The molecule has 0 saturated carbocycles. The molecule has 15 heavy (non-hydrogen) atoms. The quantitative estimate of drug-likeness (QED) is 0.897. The van der Waals surface area contributed by atoms with Gasteiger partial charge in [0, 0.05) is 0 Å². The fourth-order valence-electron chi connectivity index (χ4n) is 1.17. The van der Waals surface area contributed by atoms with E-state index in [4.69, 9.17) is 10.5 Å². The van der Waals surface area contributed by atoms with Crippen LogP contribution in [0.4, 0.5) is 5.95 Å². The Bertz CT molecular complexity index is 455. The van der Waals surface area contributed by atoms with Crippen molar-refractivity contribution in [2.75, 3.05) is 5.73 Å². The van der Waals surface area contributed by atoms with Gasteiger partial charge in [-0.1, -0.05) is 12.1 Å². The molecule has 1 aromatic heterocycles. The van der Waals surface area contributed by atoms with Gasteiger partial charge < -0.3 is 15.5 Å². The number of nitrogens with one attached hydrogen (secondary N) is 1. The highest BCUT2D eigenvalue weighted by Gasteiger charge is 2.01. The Morgan fingerprint density at radius 2 is 2.20 bits per heavy atom. The minimum atomic E-state index is 0.403. The molecule has 0 fully saturated rings. The summed E-state index contributed by atoms with van der Waals surface area (Å²) in [7, 11) is 0. The number of hydrogen-bond donors (Lipinski definition) is 2. The summed E-state index contributed by atoms with van der Waals surface area (Å²) in [6.07, 6.45) is 1.66. The Balaban J connectivity index is 2.02. The highest BCUT2D eigenvalue weighted by molar-refractivity contribution is 9.10. The van der Waals surface area contributed by atoms with E-state index in [1.165, 1.54) is 0 Å². The largest absolute Gasteiger partial charge is 0.486 e. The van der Waals surface area contributed by atoms with Crippen molar-refractivity contribution in [2.24, 2.45) is 0 Å². The molecule has 5 heteroatoms. The van der Waals surface area contributed by atoms with E-state index in [1.807, 2.05) is 24.3 Å². The number of benzene rings is 1. The second-order valence-electron chi connectivity index (χ2n) is 3.01. The second kappa shape index (κ2) is 4.35. The zero-order chi connectivity index (χ0) is 10.7. The molecule has 4 nitrogen and oxygen atoms in total. The standard InChI is InChI=1S/C10H10BrN3O/c11-8-3-1-2-4-9(8)15-6-7-5-13-10(12)14-7/h1-5H,6H2,(H3,12,13,14). The van der Waals surface area contributed by atoms with Crippen LogP contribution >= 0.6 is 15.9 Å². The number of anilines is 1. The van der Waals surface area contributed by atoms with E-state index in [2.05, 4.69) is 25.9 Å². The summed E-state index contributed by atoms with van der Waals surface area (Å²) in [5, 5.41) is 0. The molecule has 0 unspecified atom stereocenters. The second-order valence-corrected chi connectivity index (χ2v) is 3.87. The average molecular weight is 268 g/mol. The lowest BCUT2D eigenvalue weighted by Crippen LogP contribution is -1.96. The summed E-state index contributed by atoms with van der Waals surface area (Å²) in [5.41, 5.74) is 6.30. The van der Waals surface area contributed by atoms with E-state index in [1.54, 1.807) is 6.20 Å². The number of H-pyrrole nitrogens is 1. The molecular weight excluding hydrogens is 258 g/mol. The van der Waals surface area contributed by atoms with Crippen LogP contribution in [0.3, 0.4) is 0 Å². The summed E-state index contributed by atoms with van der Waals surface area (Å²) in [6, 6.07) is 7.67. The van der Waals surface area contributed by atoms with Crippen LogP contribution in [0.25, 0.3) is 0 Å². The molecular formula is C10H10BrN3O. The van der Waals surface area contributed by atoms with E-state index < -0.39 is 0 Å². The normalized spacial score (nSPS) is 10.2. The Hall–Kier alpha value is -1.49. The molecule has 0 amide bonds. The fourth-order valence-corrected chi connectivity index (χ4v) is 1.57. The van der Waals surface area contributed by atoms with Crippen LogP contribution in [-0.4, -0.2) is 9.97 Å². The van der Waals surface area contributed by atoms with Crippen LogP contribution in [0.5, 0.6) is 5.75 Å². The molecule has 0 radical (unpaired) electrons. The Morgan fingerprint density at radius 3 is 2.87 bits per heavy atom. The number of para-hydroxylation sites is 1. The number of rotatable bonds is 3. The van der Waals surface area contributed by atoms with Crippen molar-refractivity contribution in [3.05, 3.63) is 40.6 Å². The molecule has 1 heterocycles. The third-order valence-electron chi connectivity index (χ3n) is 1.87. The first-order valence-electron chi connectivity index (χ1n) is 4.42. The summed E-state index contributed by atoms with van der Waals surface area (Å²) < 4.78 is 6.49. The van der Waals surface area contributed by atoms with Crippen LogP contribution < -0.4 is 10.5 Å². The number of nitrogen functional groups attached to an aromatic ring is 1. The van der Waals surface area contributed by atoms with Gasteiger partial charge in [-0.25, -0.2) is 4.98 Å². The molecule has 0 atom stereocenters. The number of aromatic nitrogens is 2. The predicted molar refractivity (Wildman–Crippen MR) is 61.5 cm³/mol. The summed E-state index contributed by atoms with van der Waals surface area (Å²) in [4.78, 5) is 6.77. The maximum absolute atomic E-state index is 5.56. The van der Waals surface area contributed by atoms with Crippen LogP contribution in [0.1, 0.15) is 5.69 Å². The van der Waals surface area contributed by atoms with E-state index in [9.17, 15) is 0 Å². The van der Waals surface area contributed by atoms with Crippen molar-refractivity contribution in [3.8, 4) is 5.75 Å². The van der Waals surface area contributed by atoms with Gasteiger partial charge in [0.05, 0.1) is 16.4 Å². The number of aromatic amines is 1. The number of imidazole rings is 1. The van der Waals surface area contributed by atoms with E-state index in [0.29, 0.717) is 12.6 Å². The lowest BCUT2D eigenvalue weighted by molar-refractivity contribution is 0.300. The van der Waals surface area contributed by atoms with Crippen molar-refractivity contribution in [2.45, 2.75) is 6.61 Å². The SMILES string of the molecule is Nc1ncc(COc2ccccc2Br)[nH]1. The van der Waals surface area contributed by atoms with Gasteiger partial charge in [0.1, 0.15) is 12.4 Å². The highest BCUT2D eigenvalue weighted by atomic mass is 79.9. The third-order valence-corrected chi connectivity index (χ3v) is 2.52. The molecule has 0 aliphatic rings. The number of hydrogen-bond acceptors (Lipinski definition) is 3. The van der Waals surface area contributed by atoms with Crippen molar-refractivity contribution in [1.82, 2.24) is 9.97 Å². The van der Waals surface area contributed by atoms with Crippen molar-refractivity contribution < 1.29 is 4.74 Å². The first kappa shape index (κ1) is 10.0. The molecule has 0 aliphatic heterocycles. The van der Waals surface area contributed by atoms with Crippen LogP contribution in [0, 0.1) is 0 Å². The van der Waals surface area contributed by atoms with Gasteiger partial charge >= 0.3 is 0 Å². The van der Waals surface area contributed by atoms with Gasteiger partial charge in [-0.3, -0.25) is 0 Å². The first-order chi connectivity index (χ1) is 7.25. The molecule has 78 valence electrons. The zero-order valence-corrected chi connectivity index (χ0v) is 9.49. The van der Waals surface area contributed by atoms with Crippen LogP contribution in [0.15, 0.2) is 34.9 Å². The smallest absolute Gasteiger partial charge is 0.197 e. The lowest BCUT2D eigenvalue weighted by Gasteiger charge is -2.05. The molecule has 3 N–H and O–H groups in total. The number of nitrogens with two attached hydrogens (primary N) is 1. The van der Waals surface area contributed by atoms with Gasteiger partial charge in [-0.15, -0.1) is 0 Å². The topological polar surface area (TPSA) is 63.9 Å². The lowest BCUT2D eigenvalue weighted by atomic mass is 10.3. The molecule has 0 saturated heterocycles. The van der Waals surface area contributed by atoms with E-state index in [0.717, 1.165) is 15.9 Å². The molecule has 2 aromatic rings. The van der Waals surface area contributed by atoms with Gasteiger partial charge in [0.2, 0.25) is 0 Å². The van der Waals surface area contributed by atoms with Crippen molar-refractivity contribution in [3.63, 3.8) is 0 Å². The first-order valence-corrected chi connectivity index (χ1v) is 5.21. The molecule has 1 aromatic carbocycles. The molecule has 2 rings (SSSR count). The zero-order valence-electron chi connectivity index (χ0n) is 7.90. The number of halogens is 1. The van der Waals surface area contributed by atoms with Crippen molar-refractivity contribution >= 4 is 21.9 Å². The third kappa shape index (κ3) is 2.50. The molecule has 0 aliphatic carbocycles. The Morgan fingerprint density at radius 1 is 1.40 bits per heavy atom. The maximum atomic E-state index is 5.56. The average Bonchev–Trinajstić information content (AvgIpc) is 2.63. The monoisotopic (exact) mass is 267 g/mol. The van der Waals surface area contributed by atoms with Gasteiger partial charge in [-0.05, 0) is 28.1 Å². The van der Waals surface area contributed by atoms with Gasteiger partial charge in [0.15, 0.2) is 5.95 Å². The summed E-state index contributed by atoms with van der Waals surface area (Å²) in [5.74, 6) is 1.20.